The van der Waals surface area contributed by atoms with E-state index >= 15 is 0 Å². The normalized spacial score (nSPS) is 23.9. The molecule has 2 atom stereocenters. The minimum atomic E-state index is -0.740. The van der Waals surface area contributed by atoms with E-state index in [0.717, 1.165) is 5.56 Å². The van der Waals surface area contributed by atoms with E-state index < -0.39 is 11.6 Å². The van der Waals surface area contributed by atoms with E-state index in [2.05, 4.69) is 15.3 Å². The maximum atomic E-state index is 12.2. The van der Waals surface area contributed by atoms with Crippen molar-refractivity contribution in [2.24, 2.45) is 0 Å². The average Bonchev–Trinajstić information content (AvgIpc) is 2.83. The SMILES string of the molecule is COc1ccccc1C1(C)CC(Nc2ncccn2)C(=O)O1. The fourth-order valence-corrected chi connectivity index (χ4v) is 2.69. The fraction of sp³-hybridized carbons (Fsp3) is 0.312. The van der Waals surface area contributed by atoms with Crippen molar-refractivity contribution in [2.45, 2.75) is 25.0 Å². The summed E-state index contributed by atoms with van der Waals surface area (Å²) in [4.78, 5) is 20.3. The van der Waals surface area contributed by atoms with Crippen LogP contribution < -0.4 is 10.1 Å². The lowest BCUT2D eigenvalue weighted by atomic mass is 9.90. The maximum Gasteiger partial charge on any atom is 0.329 e. The zero-order chi connectivity index (χ0) is 15.6. The Labute approximate surface area is 128 Å². The zero-order valence-corrected chi connectivity index (χ0v) is 12.4. The summed E-state index contributed by atoms with van der Waals surface area (Å²) in [6, 6.07) is 8.78. The Hall–Kier alpha value is -2.63. The first kappa shape index (κ1) is 14.3. The highest BCUT2D eigenvalue weighted by molar-refractivity contribution is 5.81. The second kappa shape index (κ2) is 5.63. The number of cyclic esters (lactones) is 1. The molecule has 2 heterocycles. The molecule has 2 aromatic rings. The van der Waals surface area contributed by atoms with Crippen LogP contribution in [0.5, 0.6) is 5.75 Å². The maximum absolute atomic E-state index is 12.2. The van der Waals surface area contributed by atoms with Crippen LogP contribution in [0, 0.1) is 0 Å². The number of aromatic nitrogens is 2. The molecule has 0 amide bonds. The van der Waals surface area contributed by atoms with Gasteiger partial charge in [-0.2, -0.15) is 0 Å². The molecule has 3 rings (SSSR count). The first-order valence-corrected chi connectivity index (χ1v) is 7.02. The highest BCUT2D eigenvalue weighted by Gasteiger charge is 2.46. The van der Waals surface area contributed by atoms with E-state index in [1.54, 1.807) is 25.6 Å². The molecule has 22 heavy (non-hydrogen) atoms. The zero-order valence-electron chi connectivity index (χ0n) is 12.4. The Morgan fingerprint density at radius 3 is 2.73 bits per heavy atom. The number of carbonyl (C=O) groups is 1. The van der Waals surface area contributed by atoms with Crippen LogP contribution >= 0.6 is 0 Å². The summed E-state index contributed by atoms with van der Waals surface area (Å²) in [6.45, 7) is 1.89. The molecule has 1 saturated heterocycles. The number of ether oxygens (including phenoxy) is 2. The summed E-state index contributed by atoms with van der Waals surface area (Å²) in [5.41, 5.74) is 0.111. The molecular formula is C16H17N3O3. The molecule has 1 aliphatic heterocycles. The number of nitrogens with one attached hydrogen (secondary N) is 1. The third-order valence-electron chi connectivity index (χ3n) is 3.75. The van der Waals surface area contributed by atoms with Crippen LogP contribution in [0.3, 0.4) is 0 Å². The summed E-state index contributed by atoms with van der Waals surface area (Å²) >= 11 is 0. The van der Waals surface area contributed by atoms with Crippen LogP contribution in [0.4, 0.5) is 5.95 Å². The number of carbonyl (C=O) groups excluding carboxylic acids is 1. The minimum absolute atomic E-state index is 0.319. The summed E-state index contributed by atoms with van der Waals surface area (Å²) < 4.78 is 11.0. The van der Waals surface area contributed by atoms with Gasteiger partial charge < -0.3 is 14.8 Å². The molecule has 0 spiro atoms. The van der Waals surface area contributed by atoms with Gasteiger partial charge >= 0.3 is 5.97 Å². The molecule has 0 bridgehead atoms. The molecule has 1 aliphatic rings. The first-order valence-electron chi connectivity index (χ1n) is 7.02. The molecule has 6 nitrogen and oxygen atoms in total. The number of hydrogen-bond acceptors (Lipinski definition) is 6. The number of para-hydroxylation sites is 1. The number of hydrogen-bond donors (Lipinski definition) is 1. The Morgan fingerprint density at radius 1 is 1.27 bits per heavy atom. The molecule has 1 aromatic carbocycles. The van der Waals surface area contributed by atoms with E-state index in [0.29, 0.717) is 18.1 Å². The second-order valence-corrected chi connectivity index (χ2v) is 5.33. The lowest BCUT2D eigenvalue weighted by Crippen LogP contribution is -2.26. The number of methoxy groups -OCH3 is 1. The van der Waals surface area contributed by atoms with Gasteiger partial charge in [0.15, 0.2) is 0 Å². The van der Waals surface area contributed by atoms with Gasteiger partial charge in [-0.25, -0.2) is 14.8 Å². The highest BCUT2D eigenvalue weighted by atomic mass is 16.6. The molecule has 0 aliphatic carbocycles. The van der Waals surface area contributed by atoms with E-state index in [4.69, 9.17) is 9.47 Å². The summed E-state index contributed by atoms with van der Waals surface area (Å²) in [7, 11) is 1.60. The minimum Gasteiger partial charge on any atom is -0.496 e. The molecule has 6 heteroatoms. The molecule has 114 valence electrons. The van der Waals surface area contributed by atoms with Crippen molar-refractivity contribution in [3.05, 3.63) is 48.3 Å². The summed E-state index contributed by atoms with van der Waals surface area (Å²) in [6.07, 6.45) is 3.72. The largest absolute Gasteiger partial charge is 0.496 e. The summed E-state index contributed by atoms with van der Waals surface area (Å²) in [5, 5.41) is 3.02. The lowest BCUT2D eigenvalue weighted by Gasteiger charge is -2.25. The topological polar surface area (TPSA) is 73.3 Å². The average molecular weight is 299 g/mol. The van der Waals surface area contributed by atoms with Crippen LogP contribution in [0.2, 0.25) is 0 Å². The quantitative estimate of drug-likeness (QED) is 0.872. The van der Waals surface area contributed by atoms with Crippen LogP contribution in [0.15, 0.2) is 42.7 Å². The second-order valence-electron chi connectivity index (χ2n) is 5.33. The smallest absolute Gasteiger partial charge is 0.329 e. The molecule has 1 N–H and O–H groups in total. The summed E-state index contributed by atoms with van der Waals surface area (Å²) in [5.74, 6) is 0.795. The fourth-order valence-electron chi connectivity index (χ4n) is 2.69. The van der Waals surface area contributed by atoms with Gasteiger partial charge in [-0.1, -0.05) is 18.2 Å². The van der Waals surface area contributed by atoms with Crippen molar-refractivity contribution in [1.82, 2.24) is 9.97 Å². The van der Waals surface area contributed by atoms with E-state index in [1.807, 2.05) is 31.2 Å². The molecule has 1 fully saturated rings. The van der Waals surface area contributed by atoms with Crippen molar-refractivity contribution >= 4 is 11.9 Å². The van der Waals surface area contributed by atoms with Gasteiger partial charge in [-0.05, 0) is 19.1 Å². The van der Waals surface area contributed by atoms with Crippen LogP contribution in [0.1, 0.15) is 18.9 Å². The monoisotopic (exact) mass is 299 g/mol. The van der Waals surface area contributed by atoms with Crippen LogP contribution in [-0.2, 0) is 15.1 Å². The first-order chi connectivity index (χ1) is 10.6. The highest BCUT2D eigenvalue weighted by Crippen LogP contribution is 2.41. The van der Waals surface area contributed by atoms with Crippen LogP contribution in [-0.4, -0.2) is 29.1 Å². The van der Waals surface area contributed by atoms with Crippen molar-refractivity contribution in [1.29, 1.82) is 0 Å². The number of rotatable bonds is 4. The van der Waals surface area contributed by atoms with E-state index in [1.165, 1.54) is 0 Å². The van der Waals surface area contributed by atoms with Gasteiger partial charge in [0.25, 0.3) is 0 Å². The van der Waals surface area contributed by atoms with Gasteiger partial charge in [0.05, 0.1) is 7.11 Å². The van der Waals surface area contributed by atoms with Gasteiger partial charge in [0.1, 0.15) is 17.4 Å². The third kappa shape index (κ3) is 2.59. The number of benzene rings is 1. The van der Waals surface area contributed by atoms with Crippen molar-refractivity contribution in [3.63, 3.8) is 0 Å². The Bertz CT molecular complexity index is 677. The Balaban J connectivity index is 1.84. The molecule has 2 unspecified atom stereocenters. The van der Waals surface area contributed by atoms with Gasteiger partial charge in [-0.15, -0.1) is 0 Å². The standard InChI is InChI=1S/C16H17N3O3/c1-16(11-6-3-4-7-13(11)21-2)10-12(14(20)22-16)19-15-17-8-5-9-18-15/h3-9,12H,10H2,1-2H3,(H,17,18,19). The molecular weight excluding hydrogens is 282 g/mol. The lowest BCUT2D eigenvalue weighted by molar-refractivity contribution is -0.148. The Kier molecular flexibility index (Phi) is 3.66. The number of esters is 1. The third-order valence-corrected chi connectivity index (χ3v) is 3.75. The Morgan fingerprint density at radius 2 is 2.00 bits per heavy atom. The van der Waals surface area contributed by atoms with E-state index in [9.17, 15) is 4.79 Å². The van der Waals surface area contributed by atoms with Gasteiger partial charge in [0, 0.05) is 24.4 Å². The van der Waals surface area contributed by atoms with Crippen LogP contribution in [0.25, 0.3) is 0 Å². The van der Waals surface area contributed by atoms with Crippen molar-refractivity contribution in [3.8, 4) is 5.75 Å². The predicted octanol–water partition coefficient (Wildman–Crippen LogP) is 2.13. The van der Waals surface area contributed by atoms with Crippen molar-refractivity contribution in [2.75, 3.05) is 12.4 Å². The molecule has 0 saturated carbocycles. The number of nitrogens with zero attached hydrogens (tertiary/aromatic N) is 2. The predicted molar refractivity (Wildman–Crippen MR) is 80.5 cm³/mol. The molecule has 1 aromatic heterocycles. The molecule has 0 radical (unpaired) electrons. The van der Waals surface area contributed by atoms with Crippen molar-refractivity contribution < 1.29 is 14.3 Å². The van der Waals surface area contributed by atoms with E-state index in [-0.39, 0.29) is 5.97 Å². The van der Waals surface area contributed by atoms with Gasteiger partial charge in [0.2, 0.25) is 5.95 Å². The number of anilines is 1. The van der Waals surface area contributed by atoms with Gasteiger partial charge in [-0.3, -0.25) is 0 Å².